The molecule has 0 unspecified atom stereocenters. The molecule has 1 nitrogen and oxygen atoms in total. The summed E-state index contributed by atoms with van der Waals surface area (Å²) in [6.45, 7) is 0. The molecule has 0 aliphatic heterocycles. The van der Waals surface area contributed by atoms with Crippen LogP contribution in [0.25, 0.3) is 0 Å². The molecule has 1 saturated carbocycles. The molecule has 0 N–H and O–H groups in total. The summed E-state index contributed by atoms with van der Waals surface area (Å²) in [6.07, 6.45) is 9.76. The van der Waals surface area contributed by atoms with Crippen molar-refractivity contribution < 1.29 is 4.79 Å². The lowest BCUT2D eigenvalue weighted by molar-refractivity contribution is -0.116. The van der Waals surface area contributed by atoms with Gasteiger partial charge in [0.25, 0.3) is 0 Å². The van der Waals surface area contributed by atoms with Crippen LogP contribution in [-0.4, -0.2) is 5.78 Å². The zero-order chi connectivity index (χ0) is 8.89. The number of hydrogen-bond donors (Lipinski definition) is 0. The van der Waals surface area contributed by atoms with Crippen LogP contribution in [0.3, 0.4) is 0 Å². The molecule has 0 atom stereocenters. The van der Waals surface area contributed by atoms with Crippen molar-refractivity contribution in [3.8, 4) is 0 Å². The fourth-order valence-corrected chi connectivity index (χ4v) is 3.69. The van der Waals surface area contributed by atoms with Crippen molar-refractivity contribution in [2.45, 2.75) is 51.4 Å². The van der Waals surface area contributed by atoms with Crippen molar-refractivity contribution in [1.82, 2.24) is 0 Å². The third-order valence-electron chi connectivity index (χ3n) is 4.25. The molecule has 3 rings (SSSR count). The first kappa shape index (κ1) is 7.78. The number of fused-ring (bicyclic) bond motifs is 1. The van der Waals surface area contributed by atoms with Gasteiger partial charge < -0.3 is 0 Å². The van der Waals surface area contributed by atoms with Gasteiger partial charge in [0.15, 0.2) is 5.78 Å². The molecule has 0 aromatic heterocycles. The molecule has 0 aromatic rings. The first-order valence-corrected chi connectivity index (χ1v) is 5.58. The smallest absolute Gasteiger partial charge is 0.159 e. The molecule has 0 heterocycles. The predicted molar refractivity (Wildman–Crippen MR) is 51.4 cm³/mol. The fraction of sp³-hybridized carbons (Fsp3) is 0.750. The Hall–Kier alpha value is -0.590. The summed E-state index contributed by atoms with van der Waals surface area (Å²) < 4.78 is 0. The number of carbonyl (C=O) groups excluding carboxylic acids is 1. The van der Waals surface area contributed by atoms with Gasteiger partial charge in [-0.15, -0.1) is 0 Å². The van der Waals surface area contributed by atoms with Crippen LogP contribution in [0.1, 0.15) is 51.4 Å². The van der Waals surface area contributed by atoms with Gasteiger partial charge in [0, 0.05) is 6.42 Å². The summed E-state index contributed by atoms with van der Waals surface area (Å²) in [6, 6.07) is 0. The third-order valence-corrected chi connectivity index (χ3v) is 4.25. The van der Waals surface area contributed by atoms with E-state index in [0.29, 0.717) is 11.2 Å². The number of carbonyl (C=O) groups is 1. The molecule has 1 heteroatoms. The molecule has 0 amide bonds. The molecule has 0 bridgehead atoms. The molecule has 0 radical (unpaired) electrons. The third kappa shape index (κ3) is 0.905. The first-order chi connectivity index (χ1) is 6.32. The highest BCUT2D eigenvalue weighted by atomic mass is 16.1. The molecule has 0 saturated heterocycles. The average Bonchev–Trinajstić information content (AvgIpc) is 2.74. The summed E-state index contributed by atoms with van der Waals surface area (Å²) in [4.78, 5) is 11.8. The van der Waals surface area contributed by atoms with E-state index in [1.165, 1.54) is 44.1 Å². The van der Waals surface area contributed by atoms with Gasteiger partial charge in [0.2, 0.25) is 0 Å². The van der Waals surface area contributed by atoms with Gasteiger partial charge in [-0.05, 0) is 43.1 Å². The summed E-state index contributed by atoms with van der Waals surface area (Å²) in [7, 11) is 0. The van der Waals surface area contributed by atoms with Gasteiger partial charge in [-0.25, -0.2) is 0 Å². The maximum Gasteiger partial charge on any atom is 0.159 e. The maximum atomic E-state index is 11.8. The van der Waals surface area contributed by atoms with Gasteiger partial charge in [-0.1, -0.05) is 18.4 Å². The second-order valence-electron chi connectivity index (χ2n) is 4.90. The van der Waals surface area contributed by atoms with Crippen LogP contribution in [-0.2, 0) is 4.79 Å². The highest BCUT2D eigenvalue weighted by Crippen LogP contribution is 2.56. The minimum Gasteiger partial charge on any atom is -0.295 e. The molecule has 1 fully saturated rings. The van der Waals surface area contributed by atoms with Crippen LogP contribution in [0.15, 0.2) is 11.1 Å². The lowest BCUT2D eigenvalue weighted by atomic mass is 9.78. The number of allylic oxidation sites excluding steroid dienone is 2. The van der Waals surface area contributed by atoms with Crippen molar-refractivity contribution in [2.75, 3.05) is 0 Å². The van der Waals surface area contributed by atoms with Crippen molar-refractivity contribution in [2.24, 2.45) is 5.41 Å². The number of ketones is 1. The van der Waals surface area contributed by atoms with Crippen LogP contribution < -0.4 is 0 Å². The van der Waals surface area contributed by atoms with Crippen molar-refractivity contribution in [3.05, 3.63) is 11.1 Å². The molecule has 0 aromatic carbocycles. The van der Waals surface area contributed by atoms with E-state index in [-0.39, 0.29) is 0 Å². The number of hydrogen-bond acceptors (Lipinski definition) is 1. The first-order valence-electron chi connectivity index (χ1n) is 5.58. The topological polar surface area (TPSA) is 17.1 Å². The van der Waals surface area contributed by atoms with Crippen LogP contribution in [0, 0.1) is 5.41 Å². The lowest BCUT2D eigenvalue weighted by Crippen LogP contribution is -2.16. The van der Waals surface area contributed by atoms with Gasteiger partial charge in [0.1, 0.15) is 0 Å². The number of rotatable bonds is 0. The van der Waals surface area contributed by atoms with E-state index in [4.69, 9.17) is 0 Å². The Morgan fingerprint density at radius 1 is 1.00 bits per heavy atom. The van der Waals surface area contributed by atoms with Crippen LogP contribution >= 0.6 is 0 Å². The van der Waals surface area contributed by atoms with Crippen LogP contribution in [0.5, 0.6) is 0 Å². The van der Waals surface area contributed by atoms with E-state index < -0.39 is 0 Å². The Morgan fingerprint density at radius 3 is 2.54 bits per heavy atom. The van der Waals surface area contributed by atoms with Gasteiger partial charge in [-0.3, -0.25) is 4.79 Å². The number of Topliss-reactive ketones (excluding diaryl/α,β-unsaturated/α-hetero) is 1. The summed E-state index contributed by atoms with van der Waals surface area (Å²) in [5.41, 5.74) is 3.24. The fourth-order valence-electron chi connectivity index (χ4n) is 3.69. The Bertz CT molecular complexity index is 292. The van der Waals surface area contributed by atoms with E-state index in [1.807, 2.05) is 0 Å². The van der Waals surface area contributed by atoms with E-state index in [0.717, 1.165) is 12.8 Å². The molecule has 70 valence electrons. The predicted octanol–water partition coefficient (Wildman–Crippen LogP) is 3.00. The highest BCUT2D eigenvalue weighted by Gasteiger charge is 2.47. The van der Waals surface area contributed by atoms with Crippen molar-refractivity contribution in [1.29, 1.82) is 0 Å². The van der Waals surface area contributed by atoms with E-state index in [1.54, 1.807) is 5.57 Å². The van der Waals surface area contributed by atoms with Crippen molar-refractivity contribution >= 4 is 5.78 Å². The normalized spacial score (nSPS) is 30.6. The average molecular weight is 176 g/mol. The minimum atomic E-state index is 0.392. The van der Waals surface area contributed by atoms with E-state index in [2.05, 4.69) is 0 Å². The van der Waals surface area contributed by atoms with Crippen molar-refractivity contribution in [3.63, 3.8) is 0 Å². The molecule has 13 heavy (non-hydrogen) atoms. The van der Waals surface area contributed by atoms with Gasteiger partial charge in [0.05, 0.1) is 0 Å². The Labute approximate surface area is 79.2 Å². The summed E-state index contributed by atoms with van der Waals surface area (Å²) >= 11 is 0. The molecule has 3 aliphatic carbocycles. The van der Waals surface area contributed by atoms with Gasteiger partial charge >= 0.3 is 0 Å². The molecular weight excluding hydrogens is 160 g/mol. The SMILES string of the molecule is O=C1CC2(CCCC2)C2=C1CCC2. The quantitative estimate of drug-likeness (QED) is 0.554. The minimum absolute atomic E-state index is 0.392. The summed E-state index contributed by atoms with van der Waals surface area (Å²) in [5.74, 6) is 0.495. The molecule has 3 aliphatic rings. The Balaban J connectivity index is 2.04. The van der Waals surface area contributed by atoms with E-state index in [9.17, 15) is 4.79 Å². The second kappa shape index (κ2) is 2.46. The Morgan fingerprint density at radius 2 is 1.77 bits per heavy atom. The lowest BCUT2D eigenvalue weighted by Gasteiger charge is -2.25. The van der Waals surface area contributed by atoms with Crippen LogP contribution in [0.4, 0.5) is 0 Å². The standard InChI is InChI=1S/C12H16O/c13-11-8-12(6-1-2-7-12)10-5-3-4-9(10)11/h1-8H2. The maximum absolute atomic E-state index is 11.8. The van der Waals surface area contributed by atoms with E-state index >= 15 is 0 Å². The van der Waals surface area contributed by atoms with Gasteiger partial charge in [-0.2, -0.15) is 0 Å². The zero-order valence-electron chi connectivity index (χ0n) is 8.07. The zero-order valence-corrected chi connectivity index (χ0v) is 8.07. The largest absolute Gasteiger partial charge is 0.295 e. The van der Waals surface area contributed by atoms with Crippen LogP contribution in [0.2, 0.25) is 0 Å². The molecule has 1 spiro atoms. The highest BCUT2D eigenvalue weighted by molar-refractivity contribution is 6.00. The Kier molecular flexibility index (Phi) is 1.47. The summed E-state index contributed by atoms with van der Waals surface area (Å²) in [5, 5.41) is 0. The monoisotopic (exact) mass is 176 g/mol. The second-order valence-corrected chi connectivity index (χ2v) is 4.90. The molecular formula is C12H16O.